The van der Waals surface area contributed by atoms with Crippen LogP contribution in [0.4, 0.5) is 14.5 Å². The van der Waals surface area contributed by atoms with Gasteiger partial charge < -0.3 is 14.4 Å². The fourth-order valence-corrected chi connectivity index (χ4v) is 3.74. The average Bonchev–Trinajstić information content (AvgIpc) is 3.07. The number of pyridine rings is 1. The van der Waals surface area contributed by atoms with Crippen molar-refractivity contribution in [1.82, 2.24) is 9.72 Å². The summed E-state index contributed by atoms with van der Waals surface area (Å²) in [4.78, 5) is 35.8. The molecule has 0 aliphatic rings. The van der Waals surface area contributed by atoms with Crippen molar-refractivity contribution in [3.63, 3.8) is 0 Å². The fourth-order valence-electron chi connectivity index (χ4n) is 3.74. The predicted octanol–water partition coefficient (Wildman–Crippen LogP) is 4.31. The van der Waals surface area contributed by atoms with E-state index in [4.69, 9.17) is 4.52 Å². The van der Waals surface area contributed by atoms with Gasteiger partial charge in [0.2, 0.25) is 5.91 Å². The molecule has 2 heterocycles. The van der Waals surface area contributed by atoms with Crippen LogP contribution in [0.5, 0.6) is 0 Å². The van der Waals surface area contributed by atoms with E-state index >= 15 is 0 Å². The van der Waals surface area contributed by atoms with Gasteiger partial charge in [-0.2, -0.15) is 0 Å². The van der Waals surface area contributed by atoms with Crippen LogP contribution < -0.4 is 10.7 Å². The second-order valence-corrected chi connectivity index (χ2v) is 7.28. The molecule has 1 N–H and O–H groups in total. The van der Waals surface area contributed by atoms with Crippen molar-refractivity contribution >= 4 is 28.8 Å². The standard InChI is InChI=1S/C23H17F2N3O4/c1-11-23(12(2)32-27-11)14-4-5-16-20(6-14)28(15(10-29)7-22(16)31)21-9-19(26-13(3)30)17(24)8-18(21)25/h4-10H,1-3H3,(H,26,30). The number of carbonyl (C=O) groups is 2. The second kappa shape index (κ2) is 7.84. The van der Waals surface area contributed by atoms with Crippen LogP contribution in [-0.2, 0) is 4.79 Å². The molecule has 0 radical (unpaired) electrons. The highest BCUT2D eigenvalue weighted by atomic mass is 19.1. The topological polar surface area (TPSA) is 94.2 Å². The van der Waals surface area contributed by atoms with E-state index in [1.165, 1.54) is 11.5 Å². The van der Waals surface area contributed by atoms with Gasteiger partial charge in [-0.3, -0.25) is 14.4 Å². The van der Waals surface area contributed by atoms with Crippen molar-refractivity contribution in [3.8, 4) is 16.8 Å². The van der Waals surface area contributed by atoms with Crippen molar-refractivity contribution in [2.45, 2.75) is 20.8 Å². The molecule has 0 saturated carbocycles. The lowest BCUT2D eigenvalue weighted by molar-refractivity contribution is -0.114. The molecule has 162 valence electrons. The SMILES string of the molecule is CC(=O)Nc1cc(-n2c(C=O)cc(=O)c3ccc(-c4c(C)noc4C)cc32)c(F)cc1F. The van der Waals surface area contributed by atoms with E-state index in [1.807, 2.05) is 0 Å². The molecule has 0 aliphatic carbocycles. The Balaban J connectivity index is 2.10. The molecule has 0 aliphatic heterocycles. The molecule has 0 atom stereocenters. The van der Waals surface area contributed by atoms with Crippen LogP contribution >= 0.6 is 0 Å². The Morgan fingerprint density at radius 2 is 1.88 bits per heavy atom. The molecule has 0 saturated heterocycles. The maximum Gasteiger partial charge on any atom is 0.221 e. The molecule has 9 heteroatoms. The number of carbonyl (C=O) groups excluding carboxylic acids is 2. The molecule has 4 rings (SSSR count). The number of halogens is 2. The van der Waals surface area contributed by atoms with Gasteiger partial charge in [-0.25, -0.2) is 8.78 Å². The van der Waals surface area contributed by atoms with E-state index < -0.39 is 23.0 Å². The molecule has 0 fully saturated rings. The number of amides is 1. The fraction of sp³-hybridized carbons (Fsp3) is 0.130. The van der Waals surface area contributed by atoms with Crippen LogP contribution in [0.2, 0.25) is 0 Å². The zero-order chi connectivity index (χ0) is 23.2. The Bertz CT molecular complexity index is 1450. The van der Waals surface area contributed by atoms with E-state index in [-0.39, 0.29) is 28.0 Å². The third kappa shape index (κ3) is 3.47. The molecule has 1 amide bonds. The Kier molecular flexibility index (Phi) is 5.17. The number of hydrogen-bond acceptors (Lipinski definition) is 5. The van der Waals surface area contributed by atoms with E-state index in [9.17, 15) is 23.2 Å². The molecule has 0 bridgehead atoms. The van der Waals surface area contributed by atoms with Gasteiger partial charge in [-0.1, -0.05) is 11.2 Å². The van der Waals surface area contributed by atoms with Gasteiger partial charge in [0.25, 0.3) is 0 Å². The Labute approximate surface area is 180 Å². The van der Waals surface area contributed by atoms with Gasteiger partial charge in [0.1, 0.15) is 17.4 Å². The number of aldehydes is 1. The monoisotopic (exact) mass is 437 g/mol. The van der Waals surface area contributed by atoms with Crippen molar-refractivity contribution in [2.75, 3.05) is 5.32 Å². The molecule has 2 aromatic carbocycles. The summed E-state index contributed by atoms with van der Waals surface area (Å²) in [6.45, 7) is 4.67. The van der Waals surface area contributed by atoms with Crippen LogP contribution in [-0.4, -0.2) is 21.9 Å². The summed E-state index contributed by atoms with van der Waals surface area (Å²) in [7, 11) is 0. The molecule has 32 heavy (non-hydrogen) atoms. The number of hydrogen-bond donors (Lipinski definition) is 1. The number of rotatable bonds is 4. The minimum absolute atomic E-state index is 0.141. The molecule has 7 nitrogen and oxygen atoms in total. The van der Waals surface area contributed by atoms with E-state index in [0.717, 1.165) is 12.1 Å². The van der Waals surface area contributed by atoms with E-state index in [2.05, 4.69) is 10.5 Å². The van der Waals surface area contributed by atoms with Crippen molar-refractivity contribution in [3.05, 3.63) is 75.4 Å². The van der Waals surface area contributed by atoms with Gasteiger partial charge in [0, 0.05) is 30.0 Å². The number of fused-ring (bicyclic) bond motifs is 1. The Morgan fingerprint density at radius 1 is 1.12 bits per heavy atom. The summed E-state index contributed by atoms with van der Waals surface area (Å²) in [6, 6.07) is 7.62. The van der Waals surface area contributed by atoms with E-state index in [0.29, 0.717) is 34.9 Å². The summed E-state index contributed by atoms with van der Waals surface area (Å²) in [5.74, 6) is -1.96. The first-order chi connectivity index (χ1) is 15.2. The van der Waals surface area contributed by atoms with E-state index in [1.54, 1.807) is 32.0 Å². The number of benzene rings is 2. The predicted molar refractivity (Wildman–Crippen MR) is 114 cm³/mol. The summed E-state index contributed by atoms with van der Waals surface area (Å²) < 4.78 is 35.5. The molecular weight excluding hydrogens is 420 g/mol. The number of anilines is 1. The maximum absolute atomic E-state index is 14.9. The molecular formula is C23H17F2N3O4. The quantitative estimate of drug-likeness (QED) is 0.480. The number of nitrogens with zero attached hydrogens (tertiary/aromatic N) is 2. The number of aryl methyl sites for hydroxylation is 2. The highest BCUT2D eigenvalue weighted by molar-refractivity contribution is 5.92. The second-order valence-electron chi connectivity index (χ2n) is 7.28. The minimum atomic E-state index is -0.979. The Hall–Kier alpha value is -4.14. The maximum atomic E-state index is 14.9. The molecule has 2 aromatic heterocycles. The van der Waals surface area contributed by atoms with Gasteiger partial charge in [-0.15, -0.1) is 0 Å². The van der Waals surface area contributed by atoms with Crippen molar-refractivity contribution in [2.24, 2.45) is 0 Å². The van der Waals surface area contributed by atoms with Crippen molar-refractivity contribution < 1.29 is 22.9 Å². The van der Waals surface area contributed by atoms with Crippen LogP contribution in [0.25, 0.3) is 27.7 Å². The first kappa shape index (κ1) is 21.1. The first-order valence-corrected chi connectivity index (χ1v) is 9.56. The van der Waals surface area contributed by atoms with Crippen LogP contribution in [0.3, 0.4) is 0 Å². The number of aromatic nitrogens is 2. The highest BCUT2D eigenvalue weighted by Gasteiger charge is 2.19. The highest BCUT2D eigenvalue weighted by Crippen LogP contribution is 2.31. The minimum Gasteiger partial charge on any atom is -0.361 e. The van der Waals surface area contributed by atoms with Gasteiger partial charge in [-0.05, 0) is 37.6 Å². The van der Waals surface area contributed by atoms with Crippen LogP contribution in [0.15, 0.2) is 45.7 Å². The number of nitrogens with one attached hydrogen (secondary N) is 1. The van der Waals surface area contributed by atoms with Gasteiger partial charge in [0.05, 0.1) is 28.3 Å². The first-order valence-electron chi connectivity index (χ1n) is 9.56. The van der Waals surface area contributed by atoms with Crippen LogP contribution in [0, 0.1) is 25.5 Å². The summed E-state index contributed by atoms with van der Waals surface area (Å²) in [6.07, 6.45) is 0.407. The third-order valence-electron chi connectivity index (χ3n) is 5.07. The Morgan fingerprint density at radius 3 is 2.50 bits per heavy atom. The molecule has 0 unspecified atom stereocenters. The zero-order valence-corrected chi connectivity index (χ0v) is 17.3. The largest absolute Gasteiger partial charge is 0.361 e. The lowest BCUT2D eigenvalue weighted by atomic mass is 10.0. The normalized spacial score (nSPS) is 11.0. The van der Waals surface area contributed by atoms with Gasteiger partial charge >= 0.3 is 0 Å². The lowest BCUT2D eigenvalue weighted by Gasteiger charge is -2.17. The van der Waals surface area contributed by atoms with Gasteiger partial charge in [0.15, 0.2) is 11.7 Å². The molecule has 0 spiro atoms. The smallest absolute Gasteiger partial charge is 0.221 e. The van der Waals surface area contributed by atoms with Crippen molar-refractivity contribution in [1.29, 1.82) is 0 Å². The third-order valence-corrected chi connectivity index (χ3v) is 5.07. The molecule has 4 aromatic rings. The summed E-state index contributed by atoms with van der Waals surface area (Å²) in [5.41, 5.74) is 1.11. The lowest BCUT2D eigenvalue weighted by Crippen LogP contribution is -2.15. The zero-order valence-electron chi connectivity index (χ0n) is 17.3. The summed E-state index contributed by atoms with van der Waals surface area (Å²) >= 11 is 0. The average molecular weight is 437 g/mol. The van der Waals surface area contributed by atoms with Crippen LogP contribution in [0.1, 0.15) is 28.9 Å². The summed E-state index contributed by atoms with van der Waals surface area (Å²) in [5, 5.41) is 6.44.